The van der Waals surface area contributed by atoms with Crippen LogP contribution in [0.25, 0.3) is 17.1 Å². The Bertz CT molecular complexity index is 1560. The van der Waals surface area contributed by atoms with Gasteiger partial charge >= 0.3 is 6.18 Å². The third-order valence-electron chi connectivity index (χ3n) is 7.29. The fourth-order valence-electron chi connectivity index (χ4n) is 5.16. The van der Waals surface area contributed by atoms with Gasteiger partial charge in [0.25, 0.3) is 0 Å². The van der Waals surface area contributed by atoms with Crippen molar-refractivity contribution >= 4 is 16.0 Å². The van der Waals surface area contributed by atoms with E-state index in [9.17, 15) is 32.0 Å². The Balaban J connectivity index is 1.39. The van der Waals surface area contributed by atoms with Crippen LogP contribution in [-0.4, -0.2) is 86.8 Å². The standard InChI is InChI=1S/C26H29F3N8O3S/c1-41(39,40)37-8-4-19(5-9-37)33-25-31-12-21(26(27,28)29)24(34-25)22-15-36(16-32-22)23-3-2-17(10-18(23)11-30)13-35-7-6-20(38)14-35/h2-3,10,12,15-16,19-20,38H,4-9,13-14H2,1H3,(H,31,33,34). The number of benzene rings is 1. The first kappa shape index (κ1) is 28.9. The zero-order valence-electron chi connectivity index (χ0n) is 22.2. The van der Waals surface area contributed by atoms with Gasteiger partial charge < -0.3 is 15.0 Å². The number of piperidine rings is 1. The van der Waals surface area contributed by atoms with Crippen LogP contribution in [0.3, 0.4) is 0 Å². The van der Waals surface area contributed by atoms with Gasteiger partial charge in [0.1, 0.15) is 29.3 Å². The monoisotopic (exact) mass is 590 g/mol. The largest absolute Gasteiger partial charge is 0.420 e. The van der Waals surface area contributed by atoms with Crippen molar-refractivity contribution in [1.29, 1.82) is 5.26 Å². The van der Waals surface area contributed by atoms with Gasteiger partial charge in [-0.15, -0.1) is 0 Å². The fraction of sp³-hybridized carbons (Fsp3) is 0.462. The van der Waals surface area contributed by atoms with E-state index < -0.39 is 27.5 Å². The quantitative estimate of drug-likeness (QED) is 0.425. The van der Waals surface area contributed by atoms with Gasteiger partial charge in [0, 0.05) is 51.2 Å². The summed E-state index contributed by atoms with van der Waals surface area (Å²) >= 11 is 0. The number of hydrogen-bond acceptors (Lipinski definition) is 9. The number of imidazole rings is 1. The molecular weight excluding hydrogens is 561 g/mol. The highest BCUT2D eigenvalue weighted by atomic mass is 32.2. The Kier molecular flexibility index (Phi) is 8.02. The highest BCUT2D eigenvalue weighted by Gasteiger charge is 2.36. The number of likely N-dealkylation sites (tertiary alicyclic amines) is 1. The molecular formula is C26H29F3N8O3S. The summed E-state index contributed by atoms with van der Waals surface area (Å²) in [4.78, 5) is 14.3. The summed E-state index contributed by atoms with van der Waals surface area (Å²) in [5.41, 5.74) is 0.151. The lowest BCUT2D eigenvalue weighted by atomic mass is 10.1. The SMILES string of the molecule is CS(=O)(=O)N1CCC(Nc2ncc(C(F)(F)F)c(-c3cn(-c4ccc(CN5CCC(O)C5)cc4C#N)cn3)n2)CC1. The molecule has 0 saturated carbocycles. The summed E-state index contributed by atoms with van der Waals surface area (Å²) in [6.07, 6.45) is 1.07. The fourth-order valence-corrected chi connectivity index (χ4v) is 6.03. The molecule has 0 amide bonds. The first-order valence-corrected chi connectivity index (χ1v) is 14.9. The number of nitrogens with zero attached hydrogens (tertiary/aromatic N) is 7. The van der Waals surface area contributed by atoms with Crippen molar-refractivity contribution in [3.05, 3.63) is 53.6 Å². The maximum Gasteiger partial charge on any atom is 0.420 e. The summed E-state index contributed by atoms with van der Waals surface area (Å²) < 4.78 is 68.1. The number of anilines is 1. The van der Waals surface area contributed by atoms with Crippen molar-refractivity contribution in [3.8, 4) is 23.1 Å². The maximum absolute atomic E-state index is 13.9. The molecule has 0 radical (unpaired) electrons. The molecule has 4 heterocycles. The van der Waals surface area contributed by atoms with E-state index in [4.69, 9.17) is 0 Å². The summed E-state index contributed by atoms with van der Waals surface area (Å²) in [7, 11) is -3.32. The van der Waals surface area contributed by atoms with Crippen LogP contribution in [0.5, 0.6) is 0 Å². The molecule has 41 heavy (non-hydrogen) atoms. The smallest absolute Gasteiger partial charge is 0.392 e. The van der Waals surface area contributed by atoms with Crippen molar-refractivity contribution in [2.45, 2.75) is 44.1 Å². The van der Waals surface area contributed by atoms with E-state index in [1.807, 2.05) is 6.07 Å². The van der Waals surface area contributed by atoms with Gasteiger partial charge in [0.05, 0.1) is 23.6 Å². The second-order valence-electron chi connectivity index (χ2n) is 10.3. The van der Waals surface area contributed by atoms with Gasteiger partial charge in [-0.1, -0.05) is 6.07 Å². The number of halogens is 3. The van der Waals surface area contributed by atoms with Crippen molar-refractivity contribution in [3.63, 3.8) is 0 Å². The number of nitriles is 1. The summed E-state index contributed by atoms with van der Waals surface area (Å²) in [6, 6.07) is 7.21. The highest BCUT2D eigenvalue weighted by Crippen LogP contribution is 2.36. The van der Waals surface area contributed by atoms with Crippen LogP contribution in [0.15, 0.2) is 36.9 Å². The topological polar surface area (TPSA) is 140 Å². The molecule has 2 aliphatic heterocycles. The zero-order chi connectivity index (χ0) is 29.4. The van der Waals surface area contributed by atoms with Gasteiger partial charge in [0.2, 0.25) is 16.0 Å². The molecule has 1 aromatic carbocycles. The number of nitrogens with one attached hydrogen (secondary N) is 1. The molecule has 218 valence electrons. The van der Waals surface area contributed by atoms with Gasteiger partial charge in [-0.05, 0) is 37.0 Å². The van der Waals surface area contributed by atoms with Crippen LogP contribution in [-0.2, 0) is 22.7 Å². The van der Waals surface area contributed by atoms with Crippen LogP contribution in [0.2, 0.25) is 0 Å². The first-order valence-electron chi connectivity index (χ1n) is 13.0. The molecule has 11 nitrogen and oxygen atoms in total. The van der Waals surface area contributed by atoms with Crippen molar-refractivity contribution in [2.24, 2.45) is 0 Å². The second kappa shape index (κ2) is 11.4. The third kappa shape index (κ3) is 6.67. The van der Waals surface area contributed by atoms with Gasteiger partial charge in [0.15, 0.2) is 0 Å². The predicted octanol–water partition coefficient (Wildman–Crippen LogP) is 2.62. The minimum Gasteiger partial charge on any atom is -0.392 e. The second-order valence-corrected chi connectivity index (χ2v) is 12.3. The Labute approximate surface area is 235 Å². The number of aromatic nitrogens is 4. The molecule has 3 aromatic rings. The zero-order valence-corrected chi connectivity index (χ0v) is 23.0. The molecule has 5 rings (SSSR count). The predicted molar refractivity (Wildman–Crippen MR) is 143 cm³/mol. The van der Waals surface area contributed by atoms with Crippen LogP contribution in [0.1, 0.15) is 36.0 Å². The summed E-state index contributed by atoms with van der Waals surface area (Å²) in [5.74, 6) is -0.0190. The van der Waals surface area contributed by atoms with E-state index in [2.05, 4.69) is 31.2 Å². The first-order chi connectivity index (χ1) is 19.4. The Morgan fingerprint density at radius 3 is 2.56 bits per heavy atom. The maximum atomic E-state index is 13.9. The molecule has 2 aromatic heterocycles. The van der Waals surface area contributed by atoms with Crippen LogP contribution in [0.4, 0.5) is 19.1 Å². The van der Waals surface area contributed by atoms with E-state index >= 15 is 0 Å². The Morgan fingerprint density at radius 2 is 1.93 bits per heavy atom. The van der Waals surface area contributed by atoms with Crippen molar-refractivity contribution in [1.82, 2.24) is 28.7 Å². The minimum absolute atomic E-state index is 0.0190. The average Bonchev–Trinajstić information content (AvgIpc) is 3.57. The minimum atomic E-state index is -4.74. The van der Waals surface area contributed by atoms with Gasteiger partial charge in [-0.2, -0.15) is 18.4 Å². The molecule has 2 aliphatic rings. The molecule has 2 saturated heterocycles. The molecule has 0 spiro atoms. The normalized spacial score (nSPS) is 19.4. The number of alkyl halides is 3. The van der Waals surface area contributed by atoms with E-state index in [0.717, 1.165) is 18.4 Å². The third-order valence-corrected chi connectivity index (χ3v) is 8.59. The molecule has 2 N–H and O–H groups in total. The number of rotatable bonds is 7. The van der Waals surface area contributed by atoms with Crippen LogP contribution < -0.4 is 5.32 Å². The number of sulfonamides is 1. The van der Waals surface area contributed by atoms with E-state index in [-0.39, 0.29) is 36.9 Å². The molecule has 1 atom stereocenters. The molecule has 2 fully saturated rings. The van der Waals surface area contributed by atoms with Gasteiger partial charge in [-0.25, -0.2) is 27.7 Å². The van der Waals surface area contributed by atoms with E-state index in [1.54, 1.807) is 12.1 Å². The lowest BCUT2D eigenvalue weighted by molar-refractivity contribution is -0.137. The lowest BCUT2D eigenvalue weighted by Crippen LogP contribution is -2.42. The van der Waals surface area contributed by atoms with Crippen LogP contribution >= 0.6 is 0 Å². The Hall–Kier alpha value is -3.58. The lowest BCUT2D eigenvalue weighted by Gasteiger charge is -2.30. The number of β-amino-alcohol motifs (C(OH)–C–C–N with tert-alkyl or cyclic N) is 1. The highest BCUT2D eigenvalue weighted by molar-refractivity contribution is 7.88. The molecule has 15 heteroatoms. The number of aliphatic hydroxyl groups is 1. The van der Waals surface area contributed by atoms with Gasteiger partial charge in [-0.3, -0.25) is 4.90 Å². The number of hydrogen-bond donors (Lipinski definition) is 2. The van der Waals surface area contributed by atoms with Crippen molar-refractivity contribution < 1.29 is 26.7 Å². The molecule has 1 unspecified atom stereocenters. The molecule has 0 aliphatic carbocycles. The summed E-state index contributed by atoms with van der Waals surface area (Å²) in [6.45, 7) is 2.46. The molecule has 0 bridgehead atoms. The Morgan fingerprint density at radius 1 is 1.17 bits per heavy atom. The van der Waals surface area contributed by atoms with Crippen molar-refractivity contribution in [2.75, 3.05) is 37.8 Å². The average molecular weight is 591 g/mol. The number of aliphatic hydroxyl groups excluding tert-OH is 1. The van der Waals surface area contributed by atoms with E-state index in [1.165, 1.54) is 21.4 Å². The summed E-state index contributed by atoms with van der Waals surface area (Å²) in [5, 5.41) is 22.6. The van der Waals surface area contributed by atoms with E-state index in [0.29, 0.717) is 49.8 Å². The van der Waals surface area contributed by atoms with Crippen LogP contribution in [0, 0.1) is 11.3 Å².